The van der Waals surface area contributed by atoms with Crippen molar-refractivity contribution in [3.05, 3.63) is 22.4 Å². The zero-order valence-electron chi connectivity index (χ0n) is 6.69. The van der Waals surface area contributed by atoms with Gasteiger partial charge in [0, 0.05) is 10.6 Å². The highest BCUT2D eigenvalue weighted by Crippen LogP contribution is 2.20. The molecule has 0 aromatic carbocycles. The number of hydrogen-bond acceptors (Lipinski definition) is 3. The second-order valence-electron chi connectivity index (χ2n) is 2.37. The fourth-order valence-electron chi connectivity index (χ4n) is 0.673. The first-order valence-electron chi connectivity index (χ1n) is 3.57. The number of hydrogen-bond donors (Lipinski definition) is 1. The van der Waals surface area contributed by atoms with Crippen molar-refractivity contribution in [2.45, 2.75) is 17.9 Å². The van der Waals surface area contributed by atoms with Crippen LogP contribution in [0, 0.1) is 0 Å². The predicted octanol–water partition coefficient (Wildman–Crippen LogP) is 2.45. The van der Waals surface area contributed by atoms with Crippen molar-refractivity contribution in [1.82, 2.24) is 0 Å². The van der Waals surface area contributed by atoms with Gasteiger partial charge in [-0.25, -0.2) is 0 Å². The molecule has 0 aliphatic rings. The summed E-state index contributed by atoms with van der Waals surface area (Å²) in [6.07, 6.45) is 0. The van der Waals surface area contributed by atoms with Gasteiger partial charge in [-0.15, -0.1) is 23.1 Å². The maximum absolute atomic E-state index is 10.4. The molecule has 0 bridgehead atoms. The van der Waals surface area contributed by atoms with Gasteiger partial charge in [0.15, 0.2) is 0 Å². The molecule has 0 saturated carbocycles. The van der Waals surface area contributed by atoms with E-state index in [-0.39, 0.29) is 5.25 Å². The van der Waals surface area contributed by atoms with E-state index < -0.39 is 5.97 Å². The zero-order chi connectivity index (χ0) is 8.97. The quantitative estimate of drug-likeness (QED) is 0.815. The number of carbonyl (C=O) groups is 1. The SMILES string of the molecule is CC(SCc1cccs1)C(=O)O. The molecule has 0 saturated heterocycles. The van der Waals surface area contributed by atoms with Crippen LogP contribution in [0.2, 0.25) is 0 Å². The molecule has 1 unspecified atom stereocenters. The molecule has 1 atom stereocenters. The van der Waals surface area contributed by atoms with Crippen molar-refractivity contribution in [1.29, 1.82) is 0 Å². The number of carboxylic acid groups (broad SMARTS) is 1. The van der Waals surface area contributed by atoms with Gasteiger partial charge in [0.1, 0.15) is 0 Å². The summed E-state index contributed by atoms with van der Waals surface area (Å²) in [5, 5.41) is 10.3. The van der Waals surface area contributed by atoms with Crippen LogP contribution >= 0.6 is 23.1 Å². The molecule has 0 radical (unpaired) electrons. The molecule has 66 valence electrons. The molecule has 0 aliphatic heterocycles. The Morgan fingerprint density at radius 2 is 2.58 bits per heavy atom. The third-order valence-corrected chi connectivity index (χ3v) is 3.64. The molecule has 1 aromatic heterocycles. The molecule has 1 N–H and O–H groups in total. The fraction of sp³-hybridized carbons (Fsp3) is 0.375. The lowest BCUT2D eigenvalue weighted by Gasteiger charge is -2.03. The lowest BCUT2D eigenvalue weighted by atomic mass is 10.5. The Bertz CT molecular complexity index is 244. The Hall–Kier alpha value is -0.480. The Kier molecular flexibility index (Phi) is 3.62. The van der Waals surface area contributed by atoms with Crippen molar-refractivity contribution in [3.8, 4) is 0 Å². The summed E-state index contributed by atoms with van der Waals surface area (Å²) in [6.45, 7) is 1.71. The summed E-state index contributed by atoms with van der Waals surface area (Å²) in [4.78, 5) is 11.7. The summed E-state index contributed by atoms with van der Waals surface area (Å²) in [5.41, 5.74) is 0. The van der Waals surface area contributed by atoms with E-state index in [2.05, 4.69) is 0 Å². The zero-order valence-corrected chi connectivity index (χ0v) is 8.32. The van der Waals surface area contributed by atoms with Crippen LogP contribution in [0.15, 0.2) is 17.5 Å². The summed E-state index contributed by atoms with van der Waals surface area (Å²) in [6, 6.07) is 4.00. The van der Waals surface area contributed by atoms with E-state index in [1.807, 2.05) is 17.5 Å². The van der Waals surface area contributed by atoms with Crippen LogP contribution < -0.4 is 0 Å². The molecule has 0 fully saturated rings. The lowest BCUT2D eigenvalue weighted by Crippen LogP contribution is -2.11. The van der Waals surface area contributed by atoms with Crippen LogP contribution in [0.4, 0.5) is 0 Å². The van der Waals surface area contributed by atoms with E-state index in [1.54, 1.807) is 18.3 Å². The van der Waals surface area contributed by atoms with Crippen LogP contribution in [0.3, 0.4) is 0 Å². The van der Waals surface area contributed by atoms with Crippen molar-refractivity contribution in [3.63, 3.8) is 0 Å². The Balaban J connectivity index is 2.31. The van der Waals surface area contributed by atoms with Gasteiger partial charge in [0.25, 0.3) is 0 Å². The first-order valence-corrected chi connectivity index (χ1v) is 5.50. The largest absolute Gasteiger partial charge is 0.480 e. The van der Waals surface area contributed by atoms with Crippen LogP contribution in [-0.2, 0) is 10.5 Å². The Morgan fingerprint density at radius 1 is 1.83 bits per heavy atom. The number of carboxylic acids is 1. The molecule has 12 heavy (non-hydrogen) atoms. The van der Waals surface area contributed by atoms with Crippen LogP contribution in [0.25, 0.3) is 0 Å². The topological polar surface area (TPSA) is 37.3 Å². The average Bonchev–Trinajstić information content (AvgIpc) is 2.51. The average molecular weight is 202 g/mol. The van der Waals surface area contributed by atoms with Gasteiger partial charge in [-0.3, -0.25) is 4.79 Å². The molecule has 1 rings (SSSR count). The minimum atomic E-state index is -0.739. The maximum Gasteiger partial charge on any atom is 0.316 e. The normalized spacial score (nSPS) is 12.8. The smallest absolute Gasteiger partial charge is 0.316 e. The second-order valence-corrected chi connectivity index (χ2v) is 4.73. The van der Waals surface area contributed by atoms with E-state index in [0.29, 0.717) is 0 Å². The number of rotatable bonds is 4. The number of thiophene rings is 1. The second kappa shape index (κ2) is 4.52. The highest BCUT2D eigenvalue weighted by atomic mass is 32.2. The summed E-state index contributed by atoms with van der Waals surface area (Å²) >= 11 is 3.12. The predicted molar refractivity (Wildman–Crippen MR) is 52.7 cm³/mol. The first-order chi connectivity index (χ1) is 5.70. The minimum absolute atomic E-state index is 0.313. The van der Waals surface area contributed by atoms with E-state index in [9.17, 15) is 4.79 Å². The number of aliphatic carboxylic acids is 1. The van der Waals surface area contributed by atoms with E-state index >= 15 is 0 Å². The fourth-order valence-corrected chi connectivity index (χ4v) is 2.29. The van der Waals surface area contributed by atoms with Crippen molar-refractivity contribution < 1.29 is 9.90 Å². The van der Waals surface area contributed by atoms with Crippen molar-refractivity contribution >= 4 is 29.1 Å². The third kappa shape index (κ3) is 2.87. The van der Waals surface area contributed by atoms with Crippen LogP contribution in [0.1, 0.15) is 11.8 Å². The molecule has 0 spiro atoms. The molecule has 1 heterocycles. The van der Waals surface area contributed by atoms with Gasteiger partial charge in [-0.05, 0) is 18.4 Å². The monoisotopic (exact) mass is 202 g/mol. The Labute approximate surface area is 79.6 Å². The molecular weight excluding hydrogens is 192 g/mol. The van der Waals surface area contributed by atoms with Crippen LogP contribution in [-0.4, -0.2) is 16.3 Å². The standard InChI is InChI=1S/C8H10O2S2/c1-6(8(9)10)12-5-7-3-2-4-11-7/h2-4,6H,5H2,1H3,(H,9,10). The lowest BCUT2D eigenvalue weighted by molar-refractivity contribution is -0.136. The number of thioether (sulfide) groups is 1. The van der Waals surface area contributed by atoms with Crippen molar-refractivity contribution in [2.75, 3.05) is 0 Å². The van der Waals surface area contributed by atoms with E-state index in [4.69, 9.17) is 5.11 Å². The van der Waals surface area contributed by atoms with E-state index in [1.165, 1.54) is 16.6 Å². The van der Waals surface area contributed by atoms with Crippen molar-refractivity contribution in [2.24, 2.45) is 0 Å². The molecule has 4 heteroatoms. The maximum atomic E-state index is 10.4. The minimum Gasteiger partial charge on any atom is -0.480 e. The first kappa shape index (κ1) is 9.61. The summed E-state index contributed by atoms with van der Waals surface area (Å²) in [7, 11) is 0. The van der Waals surface area contributed by atoms with Crippen LogP contribution in [0.5, 0.6) is 0 Å². The summed E-state index contributed by atoms with van der Waals surface area (Å²) in [5.74, 6) is 0.0575. The van der Waals surface area contributed by atoms with E-state index in [0.717, 1.165) is 5.75 Å². The van der Waals surface area contributed by atoms with Gasteiger partial charge in [-0.2, -0.15) is 0 Å². The Morgan fingerprint density at radius 3 is 3.08 bits per heavy atom. The van der Waals surface area contributed by atoms with Gasteiger partial charge >= 0.3 is 5.97 Å². The van der Waals surface area contributed by atoms with Gasteiger partial charge in [0.2, 0.25) is 0 Å². The molecule has 0 amide bonds. The molecule has 1 aromatic rings. The highest BCUT2D eigenvalue weighted by molar-refractivity contribution is 7.99. The molecule has 2 nitrogen and oxygen atoms in total. The van der Waals surface area contributed by atoms with Gasteiger partial charge in [0.05, 0.1) is 5.25 Å². The summed E-state index contributed by atoms with van der Waals surface area (Å²) < 4.78 is 0. The highest BCUT2D eigenvalue weighted by Gasteiger charge is 2.10. The third-order valence-electron chi connectivity index (χ3n) is 1.40. The van der Waals surface area contributed by atoms with Gasteiger partial charge in [-0.1, -0.05) is 6.07 Å². The molecule has 0 aliphatic carbocycles. The van der Waals surface area contributed by atoms with Gasteiger partial charge < -0.3 is 5.11 Å². The molecular formula is C8H10O2S2.